The van der Waals surface area contributed by atoms with Gasteiger partial charge in [-0.1, -0.05) is 49.9 Å². The summed E-state index contributed by atoms with van der Waals surface area (Å²) in [5.74, 6) is 7.70. The molecule has 1 aliphatic carbocycles. The van der Waals surface area contributed by atoms with E-state index in [2.05, 4.69) is 21.6 Å². The third-order valence-corrected chi connectivity index (χ3v) is 6.04. The number of aryl methyl sites for hydroxylation is 2. The highest BCUT2D eigenvalue weighted by Crippen LogP contribution is 2.20. The number of amides is 1. The van der Waals surface area contributed by atoms with E-state index < -0.39 is 0 Å². The molecule has 0 aliphatic heterocycles. The van der Waals surface area contributed by atoms with Crippen molar-refractivity contribution in [3.63, 3.8) is 0 Å². The molecule has 1 aromatic carbocycles. The highest BCUT2D eigenvalue weighted by Gasteiger charge is 2.16. The van der Waals surface area contributed by atoms with E-state index in [1.54, 1.807) is 0 Å². The number of carbonyl (C=O) groups excluding carboxylic acids is 1. The first-order chi connectivity index (χ1) is 14.0. The van der Waals surface area contributed by atoms with E-state index in [1.165, 1.54) is 48.5 Å². The second-order valence-electron chi connectivity index (χ2n) is 7.78. The van der Waals surface area contributed by atoms with Gasteiger partial charge < -0.3 is 15.9 Å². The van der Waals surface area contributed by atoms with Gasteiger partial charge in [-0.05, 0) is 49.9 Å². The van der Waals surface area contributed by atoms with Crippen molar-refractivity contribution in [2.75, 3.05) is 11.6 Å². The van der Waals surface area contributed by atoms with Gasteiger partial charge in [-0.3, -0.25) is 4.79 Å². The lowest BCUT2D eigenvalue weighted by Gasteiger charge is -2.20. The minimum absolute atomic E-state index is 0.0246. The topological polar surface area (TPSA) is 95.1 Å². The first-order valence-electron chi connectivity index (χ1n) is 10.3. The molecule has 0 saturated heterocycles. The Kier molecular flexibility index (Phi) is 7.80. The minimum atomic E-state index is 0.0246. The number of nitrogens with zero attached hydrogens (tertiary/aromatic N) is 3. The van der Waals surface area contributed by atoms with E-state index in [9.17, 15) is 4.79 Å². The van der Waals surface area contributed by atoms with Gasteiger partial charge in [0.1, 0.15) is 12.4 Å². The van der Waals surface area contributed by atoms with E-state index in [4.69, 9.17) is 10.6 Å². The molecule has 0 spiro atoms. The zero-order valence-electron chi connectivity index (χ0n) is 17.3. The van der Waals surface area contributed by atoms with Crippen molar-refractivity contribution in [3.8, 4) is 5.75 Å². The van der Waals surface area contributed by atoms with Crippen LogP contribution in [0.3, 0.4) is 0 Å². The lowest BCUT2D eigenvalue weighted by molar-refractivity contribution is -0.119. The standard InChI is InChI=1S/C21H31N5O2S/c1-15-10-16(2)12-18(11-15)28-13-19-24-25-21(26(19)22)29-14-20(27)23-17-8-6-4-3-5-7-9-17/h10-12,17H,3-9,13-14,22H2,1-2H3,(H,23,27). The minimum Gasteiger partial charge on any atom is -0.486 e. The van der Waals surface area contributed by atoms with Crippen molar-refractivity contribution in [3.05, 3.63) is 35.2 Å². The number of nitrogens with two attached hydrogens (primary N) is 1. The van der Waals surface area contributed by atoms with Crippen LogP contribution in [0.5, 0.6) is 5.75 Å². The highest BCUT2D eigenvalue weighted by atomic mass is 32.2. The maximum Gasteiger partial charge on any atom is 0.230 e. The number of hydrogen-bond donors (Lipinski definition) is 2. The smallest absolute Gasteiger partial charge is 0.230 e. The third-order valence-electron chi connectivity index (χ3n) is 5.10. The first kappa shape index (κ1) is 21.5. The molecule has 1 aliphatic rings. The van der Waals surface area contributed by atoms with Gasteiger partial charge in [0.15, 0.2) is 5.82 Å². The fraction of sp³-hybridized carbons (Fsp3) is 0.571. The number of rotatable bonds is 7. The van der Waals surface area contributed by atoms with Gasteiger partial charge in [0.05, 0.1) is 5.75 Å². The molecule has 1 aromatic heterocycles. The molecule has 3 N–H and O–H groups in total. The SMILES string of the molecule is Cc1cc(C)cc(OCc2nnc(SCC(=O)NC3CCCCCCC3)n2N)c1. The molecule has 1 fully saturated rings. The lowest BCUT2D eigenvalue weighted by atomic mass is 9.97. The predicted octanol–water partition coefficient (Wildman–Crippen LogP) is 3.51. The third kappa shape index (κ3) is 6.66. The quantitative estimate of drug-likeness (QED) is 0.529. The van der Waals surface area contributed by atoms with Crippen LogP contribution in [0.25, 0.3) is 0 Å². The summed E-state index contributed by atoms with van der Waals surface area (Å²) < 4.78 is 7.20. The van der Waals surface area contributed by atoms with Gasteiger partial charge in [-0.25, -0.2) is 4.68 Å². The van der Waals surface area contributed by atoms with Crippen molar-refractivity contribution < 1.29 is 9.53 Å². The number of hydrogen-bond acceptors (Lipinski definition) is 6. The number of aromatic nitrogens is 3. The molecule has 0 unspecified atom stereocenters. The van der Waals surface area contributed by atoms with Crippen LogP contribution in [-0.4, -0.2) is 32.6 Å². The van der Waals surface area contributed by atoms with Crippen molar-refractivity contribution in [2.45, 2.75) is 76.6 Å². The summed E-state index contributed by atoms with van der Waals surface area (Å²) >= 11 is 1.30. The fourth-order valence-electron chi connectivity index (χ4n) is 3.67. The van der Waals surface area contributed by atoms with Crippen molar-refractivity contribution >= 4 is 17.7 Å². The molecular weight excluding hydrogens is 386 g/mol. The van der Waals surface area contributed by atoms with Gasteiger partial charge >= 0.3 is 0 Å². The summed E-state index contributed by atoms with van der Waals surface area (Å²) in [6.45, 7) is 4.28. The van der Waals surface area contributed by atoms with Crippen LogP contribution < -0.4 is 15.9 Å². The first-order valence-corrected chi connectivity index (χ1v) is 11.3. The summed E-state index contributed by atoms with van der Waals surface area (Å²) in [6.07, 6.45) is 8.39. The van der Waals surface area contributed by atoms with Crippen molar-refractivity contribution in [1.29, 1.82) is 0 Å². The van der Waals surface area contributed by atoms with E-state index in [1.807, 2.05) is 26.0 Å². The average molecular weight is 418 g/mol. The highest BCUT2D eigenvalue weighted by molar-refractivity contribution is 7.99. The molecular formula is C21H31N5O2S. The van der Waals surface area contributed by atoms with Crippen LogP contribution in [0.4, 0.5) is 0 Å². The lowest BCUT2D eigenvalue weighted by Crippen LogP contribution is -2.36. The number of carbonyl (C=O) groups is 1. The van der Waals surface area contributed by atoms with Gasteiger partial charge in [0, 0.05) is 6.04 Å². The summed E-state index contributed by atoms with van der Waals surface area (Å²) in [6, 6.07) is 6.33. The molecule has 0 radical (unpaired) electrons. The molecule has 1 saturated carbocycles. The molecule has 1 amide bonds. The van der Waals surface area contributed by atoms with Crippen LogP contribution in [0.15, 0.2) is 23.4 Å². The summed E-state index contributed by atoms with van der Waals surface area (Å²) in [7, 11) is 0. The molecule has 29 heavy (non-hydrogen) atoms. The molecule has 1 heterocycles. The van der Waals surface area contributed by atoms with Crippen LogP contribution >= 0.6 is 11.8 Å². The summed E-state index contributed by atoms with van der Waals surface area (Å²) in [5.41, 5.74) is 2.28. The molecule has 158 valence electrons. The van der Waals surface area contributed by atoms with Crippen LogP contribution in [0, 0.1) is 13.8 Å². The zero-order valence-corrected chi connectivity index (χ0v) is 18.1. The molecule has 8 heteroatoms. The van der Waals surface area contributed by atoms with Gasteiger partial charge in [-0.15, -0.1) is 10.2 Å². The Bertz CT molecular complexity index is 795. The number of benzene rings is 1. The molecule has 7 nitrogen and oxygen atoms in total. The Morgan fingerprint density at radius 3 is 2.48 bits per heavy atom. The average Bonchev–Trinajstić information content (AvgIpc) is 2.99. The Labute approximate surface area is 176 Å². The van der Waals surface area contributed by atoms with Gasteiger partial charge in [0.25, 0.3) is 0 Å². The van der Waals surface area contributed by atoms with Crippen LogP contribution in [0.2, 0.25) is 0 Å². The van der Waals surface area contributed by atoms with Crippen LogP contribution in [-0.2, 0) is 11.4 Å². The molecule has 2 aromatic rings. The Balaban J connectivity index is 1.48. The van der Waals surface area contributed by atoms with Crippen molar-refractivity contribution in [1.82, 2.24) is 20.2 Å². The second-order valence-corrected chi connectivity index (χ2v) is 8.72. The van der Waals surface area contributed by atoms with Gasteiger partial charge in [-0.2, -0.15) is 0 Å². The normalized spacial score (nSPS) is 15.5. The second kappa shape index (κ2) is 10.5. The Morgan fingerprint density at radius 1 is 1.14 bits per heavy atom. The van der Waals surface area contributed by atoms with E-state index in [-0.39, 0.29) is 18.3 Å². The van der Waals surface area contributed by atoms with E-state index >= 15 is 0 Å². The summed E-state index contributed by atoms with van der Waals surface area (Å²) in [5, 5.41) is 11.9. The maximum absolute atomic E-state index is 12.3. The van der Waals surface area contributed by atoms with Crippen molar-refractivity contribution in [2.24, 2.45) is 0 Å². The number of nitrogen functional groups attached to an aromatic ring is 1. The summed E-state index contributed by atoms with van der Waals surface area (Å²) in [4.78, 5) is 12.3. The Morgan fingerprint density at radius 2 is 1.79 bits per heavy atom. The predicted molar refractivity (Wildman–Crippen MR) is 115 cm³/mol. The largest absolute Gasteiger partial charge is 0.486 e. The number of ether oxygens (including phenoxy) is 1. The molecule has 0 bridgehead atoms. The van der Waals surface area contributed by atoms with Gasteiger partial charge in [0.2, 0.25) is 11.1 Å². The molecule has 0 atom stereocenters. The Hall–Kier alpha value is -2.22. The van der Waals surface area contributed by atoms with E-state index in [0.717, 1.165) is 29.7 Å². The monoisotopic (exact) mass is 417 g/mol. The zero-order chi connectivity index (χ0) is 20.6. The van der Waals surface area contributed by atoms with E-state index in [0.29, 0.717) is 17.0 Å². The number of thioether (sulfide) groups is 1. The fourth-order valence-corrected chi connectivity index (χ4v) is 4.35. The van der Waals surface area contributed by atoms with Crippen LogP contribution in [0.1, 0.15) is 61.9 Å². The maximum atomic E-state index is 12.3. The number of nitrogens with one attached hydrogen (secondary N) is 1. The molecule has 3 rings (SSSR count).